The molecule has 2 atom stereocenters. The minimum Gasteiger partial charge on any atom is -0.345 e. The molecule has 1 aliphatic carbocycles. The lowest BCUT2D eigenvalue weighted by molar-refractivity contribution is -0.124. The summed E-state index contributed by atoms with van der Waals surface area (Å²) in [6.45, 7) is 8.15. The number of amides is 1. The second-order valence-corrected chi connectivity index (χ2v) is 7.57. The van der Waals surface area contributed by atoms with Crippen LogP contribution in [0.3, 0.4) is 0 Å². The van der Waals surface area contributed by atoms with Crippen LogP contribution in [0.1, 0.15) is 25.1 Å². The van der Waals surface area contributed by atoms with Gasteiger partial charge in [-0.2, -0.15) is 5.10 Å². The van der Waals surface area contributed by atoms with Crippen LogP contribution >= 0.6 is 0 Å². The highest BCUT2D eigenvalue weighted by atomic mass is 16.2. The summed E-state index contributed by atoms with van der Waals surface area (Å²) in [5, 5.41) is 12.4. The van der Waals surface area contributed by atoms with Gasteiger partial charge in [-0.05, 0) is 51.3 Å². The molecule has 2 aromatic rings. The molecule has 2 fully saturated rings. The highest BCUT2D eigenvalue weighted by Crippen LogP contribution is 2.49. The molecule has 2 aliphatic rings. The molecule has 1 amide bonds. The molecule has 0 spiro atoms. The topological polar surface area (TPSA) is 59.0 Å². The molecule has 2 unspecified atom stereocenters. The minimum absolute atomic E-state index is 0.179. The maximum absolute atomic E-state index is 12.6. The summed E-state index contributed by atoms with van der Waals surface area (Å²) in [6, 6.07) is 6.24. The van der Waals surface area contributed by atoms with Gasteiger partial charge in [-0.25, -0.2) is 0 Å². The maximum atomic E-state index is 12.6. The van der Waals surface area contributed by atoms with Crippen LogP contribution in [0.2, 0.25) is 0 Å². The SMILES string of the molecule is Cc1cccc2c(C(C)(C)NC(=O)C3C4CNCC43)nn(C)c12. The van der Waals surface area contributed by atoms with E-state index in [1.54, 1.807) is 0 Å². The third-order valence-electron chi connectivity index (χ3n) is 5.49. The molecule has 1 saturated carbocycles. The van der Waals surface area contributed by atoms with Crippen LogP contribution in [0.5, 0.6) is 0 Å². The number of benzene rings is 1. The maximum Gasteiger partial charge on any atom is 0.224 e. The fraction of sp³-hybridized carbons (Fsp3) is 0.556. The molecule has 23 heavy (non-hydrogen) atoms. The highest BCUT2D eigenvalue weighted by Gasteiger charge is 2.57. The van der Waals surface area contributed by atoms with E-state index in [9.17, 15) is 4.79 Å². The molecular formula is C18H24N4O. The van der Waals surface area contributed by atoms with Crippen molar-refractivity contribution in [3.8, 4) is 0 Å². The molecular weight excluding hydrogens is 288 g/mol. The molecule has 1 aromatic carbocycles. The molecule has 2 N–H and O–H groups in total. The third-order valence-corrected chi connectivity index (χ3v) is 5.49. The van der Waals surface area contributed by atoms with E-state index < -0.39 is 5.54 Å². The summed E-state index contributed by atoms with van der Waals surface area (Å²) in [7, 11) is 1.97. The molecule has 1 aliphatic heterocycles. The van der Waals surface area contributed by atoms with Crippen molar-refractivity contribution in [2.45, 2.75) is 26.3 Å². The Morgan fingerprint density at radius 3 is 2.74 bits per heavy atom. The van der Waals surface area contributed by atoms with Crippen molar-refractivity contribution in [2.75, 3.05) is 13.1 Å². The van der Waals surface area contributed by atoms with Gasteiger partial charge in [0, 0.05) is 18.4 Å². The number of fused-ring (bicyclic) bond motifs is 2. The molecule has 5 heteroatoms. The number of rotatable bonds is 3. The van der Waals surface area contributed by atoms with Crippen LogP contribution in [0.25, 0.3) is 10.9 Å². The van der Waals surface area contributed by atoms with Gasteiger partial charge in [0.25, 0.3) is 0 Å². The van der Waals surface area contributed by atoms with Crippen molar-refractivity contribution < 1.29 is 4.79 Å². The average molecular weight is 312 g/mol. The highest BCUT2D eigenvalue weighted by molar-refractivity contribution is 5.88. The van der Waals surface area contributed by atoms with Gasteiger partial charge in [0.05, 0.1) is 16.7 Å². The van der Waals surface area contributed by atoms with Crippen molar-refractivity contribution in [1.29, 1.82) is 0 Å². The predicted octanol–water partition coefficient (Wildman–Crippen LogP) is 1.70. The summed E-state index contributed by atoms with van der Waals surface area (Å²) < 4.78 is 1.92. The lowest BCUT2D eigenvalue weighted by Crippen LogP contribution is -2.43. The molecule has 1 aromatic heterocycles. The average Bonchev–Trinajstić information content (AvgIpc) is 2.81. The van der Waals surface area contributed by atoms with Gasteiger partial charge in [0.15, 0.2) is 0 Å². The minimum atomic E-state index is -0.477. The number of nitrogens with zero attached hydrogens (tertiary/aromatic N) is 2. The number of carbonyl (C=O) groups is 1. The Morgan fingerprint density at radius 1 is 1.35 bits per heavy atom. The first-order valence-corrected chi connectivity index (χ1v) is 8.35. The van der Waals surface area contributed by atoms with Crippen LogP contribution in [-0.4, -0.2) is 28.8 Å². The van der Waals surface area contributed by atoms with E-state index in [1.807, 2.05) is 25.6 Å². The molecule has 2 heterocycles. The first kappa shape index (κ1) is 14.7. The normalized spacial score (nSPS) is 26.3. The molecule has 4 rings (SSSR count). The Morgan fingerprint density at radius 2 is 2.04 bits per heavy atom. The van der Waals surface area contributed by atoms with Gasteiger partial charge in [-0.15, -0.1) is 0 Å². The fourth-order valence-corrected chi connectivity index (χ4v) is 4.25. The molecule has 122 valence electrons. The van der Waals surface area contributed by atoms with Crippen molar-refractivity contribution in [1.82, 2.24) is 20.4 Å². The number of hydrogen-bond acceptors (Lipinski definition) is 3. The predicted molar refractivity (Wildman–Crippen MR) is 90.0 cm³/mol. The van der Waals surface area contributed by atoms with E-state index in [1.165, 1.54) is 5.56 Å². The van der Waals surface area contributed by atoms with Crippen molar-refractivity contribution in [2.24, 2.45) is 24.8 Å². The number of hydrogen-bond donors (Lipinski definition) is 2. The van der Waals surface area contributed by atoms with Crippen LogP contribution < -0.4 is 10.6 Å². The van der Waals surface area contributed by atoms with E-state index in [2.05, 4.69) is 35.8 Å². The Balaban J connectivity index is 1.64. The molecule has 5 nitrogen and oxygen atoms in total. The summed E-state index contributed by atoms with van der Waals surface area (Å²) >= 11 is 0. The number of carbonyl (C=O) groups excluding carboxylic acids is 1. The van der Waals surface area contributed by atoms with E-state index >= 15 is 0 Å². The Hall–Kier alpha value is -1.88. The molecule has 1 saturated heterocycles. The largest absolute Gasteiger partial charge is 0.345 e. The van der Waals surface area contributed by atoms with Crippen LogP contribution in [-0.2, 0) is 17.4 Å². The van der Waals surface area contributed by atoms with Crippen LogP contribution in [0.15, 0.2) is 18.2 Å². The summed E-state index contributed by atoms with van der Waals surface area (Å²) in [4.78, 5) is 12.6. The monoisotopic (exact) mass is 312 g/mol. The van der Waals surface area contributed by atoms with E-state index in [0.717, 1.165) is 29.7 Å². The Labute approximate surface area is 136 Å². The first-order valence-electron chi connectivity index (χ1n) is 8.35. The first-order chi connectivity index (χ1) is 10.9. The quantitative estimate of drug-likeness (QED) is 0.907. The zero-order valence-electron chi connectivity index (χ0n) is 14.2. The number of para-hydroxylation sites is 1. The van der Waals surface area contributed by atoms with Gasteiger partial charge in [-0.3, -0.25) is 9.48 Å². The Kier molecular flexibility index (Phi) is 3.07. The standard InChI is InChI=1S/C18H24N4O/c1-10-6-5-7-11-15(10)22(4)21-16(11)18(2,3)20-17(23)14-12-8-19-9-13(12)14/h5-7,12-14,19H,8-9H2,1-4H3,(H,20,23). The van der Waals surface area contributed by atoms with Gasteiger partial charge in [0.2, 0.25) is 5.91 Å². The number of aromatic nitrogens is 2. The number of nitrogens with one attached hydrogen (secondary N) is 2. The second-order valence-electron chi connectivity index (χ2n) is 7.57. The van der Waals surface area contributed by atoms with Gasteiger partial charge in [0.1, 0.15) is 0 Å². The smallest absolute Gasteiger partial charge is 0.224 e. The van der Waals surface area contributed by atoms with E-state index in [-0.39, 0.29) is 11.8 Å². The van der Waals surface area contributed by atoms with Crippen molar-refractivity contribution >= 4 is 16.8 Å². The van der Waals surface area contributed by atoms with Crippen molar-refractivity contribution in [3.63, 3.8) is 0 Å². The second kappa shape index (κ2) is 4.81. The van der Waals surface area contributed by atoms with Gasteiger partial charge in [-0.1, -0.05) is 18.2 Å². The summed E-state index contributed by atoms with van der Waals surface area (Å²) in [5.74, 6) is 1.44. The van der Waals surface area contributed by atoms with E-state index in [0.29, 0.717) is 11.8 Å². The number of piperidine rings is 1. The molecule has 0 bridgehead atoms. The Bertz CT molecular complexity index is 782. The lowest BCUT2D eigenvalue weighted by Gasteiger charge is -2.25. The lowest BCUT2D eigenvalue weighted by atomic mass is 9.96. The van der Waals surface area contributed by atoms with Crippen molar-refractivity contribution in [3.05, 3.63) is 29.5 Å². The zero-order valence-corrected chi connectivity index (χ0v) is 14.2. The summed E-state index contributed by atoms with van der Waals surface area (Å²) in [5.41, 5.74) is 2.80. The van der Waals surface area contributed by atoms with Gasteiger partial charge < -0.3 is 10.6 Å². The summed E-state index contributed by atoms with van der Waals surface area (Å²) in [6.07, 6.45) is 0. The number of aryl methyl sites for hydroxylation is 2. The van der Waals surface area contributed by atoms with E-state index in [4.69, 9.17) is 5.10 Å². The fourth-order valence-electron chi connectivity index (χ4n) is 4.25. The van der Waals surface area contributed by atoms with Gasteiger partial charge >= 0.3 is 0 Å². The molecule has 0 radical (unpaired) electrons. The van der Waals surface area contributed by atoms with Crippen LogP contribution in [0.4, 0.5) is 0 Å². The van der Waals surface area contributed by atoms with Crippen LogP contribution in [0, 0.1) is 24.7 Å². The third kappa shape index (κ3) is 2.17. The zero-order chi connectivity index (χ0) is 16.4.